The number of carbonyl (C=O) groups excluding carboxylic acids is 3. The van der Waals surface area contributed by atoms with Crippen LogP contribution in [0.4, 0.5) is 13.6 Å². The second-order valence-corrected chi connectivity index (χ2v) is 11.8. The van der Waals surface area contributed by atoms with Gasteiger partial charge >= 0.3 is 6.09 Å². The summed E-state index contributed by atoms with van der Waals surface area (Å²) in [5, 5.41) is 5.43. The van der Waals surface area contributed by atoms with Gasteiger partial charge in [-0.25, -0.2) is 13.6 Å². The van der Waals surface area contributed by atoms with E-state index in [9.17, 15) is 23.2 Å². The van der Waals surface area contributed by atoms with Crippen molar-refractivity contribution in [3.63, 3.8) is 0 Å². The molecule has 4 rings (SSSR count). The summed E-state index contributed by atoms with van der Waals surface area (Å²) in [7, 11) is 1.52. The first-order valence-electron chi connectivity index (χ1n) is 14.1. The Morgan fingerprint density at radius 3 is 2.46 bits per heavy atom. The van der Waals surface area contributed by atoms with E-state index in [2.05, 4.69) is 10.6 Å². The molecular formula is C31H39F2N3O5. The molecule has 2 aliphatic rings. The fraction of sp³-hybridized carbons (Fsp3) is 0.516. The van der Waals surface area contributed by atoms with Crippen LogP contribution in [0.1, 0.15) is 84.7 Å². The van der Waals surface area contributed by atoms with E-state index in [-0.39, 0.29) is 49.4 Å². The number of rotatable bonds is 7. The summed E-state index contributed by atoms with van der Waals surface area (Å²) in [6, 6.07) is 13.0. The minimum absolute atomic E-state index is 0.152. The summed E-state index contributed by atoms with van der Waals surface area (Å²) in [6.07, 6.45) is -0.275. The maximum absolute atomic E-state index is 14.9. The molecule has 0 bridgehead atoms. The highest BCUT2D eigenvalue weighted by Gasteiger charge is 2.46. The largest absolute Gasteiger partial charge is 0.489 e. The topological polar surface area (TPSA) is 97.0 Å². The number of fused-ring (bicyclic) bond motifs is 1. The van der Waals surface area contributed by atoms with E-state index in [1.165, 1.54) is 13.1 Å². The van der Waals surface area contributed by atoms with Crippen LogP contribution in [0.5, 0.6) is 5.75 Å². The summed E-state index contributed by atoms with van der Waals surface area (Å²) < 4.78 is 41.1. The highest BCUT2D eigenvalue weighted by Crippen LogP contribution is 2.45. The number of piperidine rings is 1. The maximum atomic E-state index is 14.9. The van der Waals surface area contributed by atoms with E-state index in [1.807, 2.05) is 37.3 Å². The molecule has 2 aliphatic heterocycles. The third kappa shape index (κ3) is 6.97. The van der Waals surface area contributed by atoms with Gasteiger partial charge in [-0.15, -0.1) is 0 Å². The number of carbonyl (C=O) groups is 3. The average molecular weight is 572 g/mol. The maximum Gasteiger partial charge on any atom is 0.410 e. The lowest BCUT2D eigenvalue weighted by atomic mass is 9.87. The normalized spacial score (nSPS) is 21.4. The Morgan fingerprint density at radius 2 is 1.83 bits per heavy atom. The van der Waals surface area contributed by atoms with E-state index in [0.717, 1.165) is 16.0 Å². The lowest BCUT2D eigenvalue weighted by molar-refractivity contribution is -0.112. The molecule has 3 atom stereocenters. The molecule has 10 heteroatoms. The fourth-order valence-corrected chi connectivity index (χ4v) is 5.54. The number of benzene rings is 2. The van der Waals surface area contributed by atoms with Crippen LogP contribution in [0.3, 0.4) is 0 Å². The molecule has 0 spiro atoms. The average Bonchev–Trinajstić information content (AvgIpc) is 3.25. The van der Waals surface area contributed by atoms with Gasteiger partial charge in [-0.05, 0) is 64.7 Å². The number of nitrogens with one attached hydrogen (secondary N) is 2. The van der Waals surface area contributed by atoms with E-state index in [4.69, 9.17) is 9.47 Å². The van der Waals surface area contributed by atoms with Crippen LogP contribution in [-0.4, -0.2) is 67.1 Å². The number of nitrogens with zero attached hydrogens (tertiary/aromatic N) is 1. The predicted molar refractivity (Wildman–Crippen MR) is 151 cm³/mol. The Kier molecular flexibility index (Phi) is 8.89. The fourth-order valence-electron chi connectivity index (χ4n) is 5.54. The highest BCUT2D eigenvalue weighted by molar-refractivity contribution is 6.02. The van der Waals surface area contributed by atoms with Crippen molar-refractivity contribution in [2.75, 3.05) is 26.7 Å². The summed E-state index contributed by atoms with van der Waals surface area (Å²) in [4.78, 5) is 39.2. The van der Waals surface area contributed by atoms with Gasteiger partial charge in [0.2, 0.25) is 0 Å². The quantitative estimate of drug-likeness (QED) is 0.436. The van der Waals surface area contributed by atoms with Crippen molar-refractivity contribution >= 4 is 17.9 Å². The molecule has 0 radical (unpaired) electrons. The summed E-state index contributed by atoms with van der Waals surface area (Å²) in [5.41, 5.74) is 1.59. The SMILES string of the molecule is CNC(=O)c1cc(C(=O)NCCCC2CCN(C(=O)OC(C)(C)C)CC2(F)F)cc2c1O[C@@H](C)[C@@H]2c1ccccc1. The number of alkyl halides is 2. The van der Waals surface area contributed by atoms with Crippen LogP contribution < -0.4 is 15.4 Å². The lowest BCUT2D eigenvalue weighted by Crippen LogP contribution is -2.51. The molecule has 0 aromatic heterocycles. The number of halogens is 2. The number of likely N-dealkylation sites (tertiary alicyclic amines) is 1. The van der Waals surface area contributed by atoms with Crippen molar-refractivity contribution in [2.45, 2.75) is 70.5 Å². The van der Waals surface area contributed by atoms with Crippen LogP contribution in [0.25, 0.3) is 0 Å². The number of amides is 3. The molecule has 1 unspecified atom stereocenters. The number of ether oxygens (including phenoxy) is 2. The second-order valence-electron chi connectivity index (χ2n) is 11.8. The Bertz CT molecular complexity index is 1280. The van der Waals surface area contributed by atoms with Crippen molar-refractivity contribution in [3.05, 3.63) is 64.7 Å². The third-order valence-corrected chi connectivity index (χ3v) is 7.53. The molecule has 41 heavy (non-hydrogen) atoms. The van der Waals surface area contributed by atoms with Gasteiger partial charge in [-0.2, -0.15) is 0 Å². The first-order chi connectivity index (χ1) is 19.3. The molecule has 0 aliphatic carbocycles. The van der Waals surface area contributed by atoms with Gasteiger partial charge in [-0.1, -0.05) is 30.3 Å². The predicted octanol–water partition coefficient (Wildman–Crippen LogP) is 5.36. The van der Waals surface area contributed by atoms with E-state index in [0.29, 0.717) is 17.7 Å². The zero-order chi connectivity index (χ0) is 29.9. The lowest BCUT2D eigenvalue weighted by Gasteiger charge is -2.38. The third-order valence-electron chi connectivity index (χ3n) is 7.53. The van der Waals surface area contributed by atoms with E-state index >= 15 is 0 Å². The first kappa shape index (κ1) is 30.3. The smallest absolute Gasteiger partial charge is 0.410 e. The van der Waals surface area contributed by atoms with Crippen molar-refractivity contribution in [3.8, 4) is 5.75 Å². The van der Waals surface area contributed by atoms with Crippen molar-refractivity contribution in [1.82, 2.24) is 15.5 Å². The zero-order valence-corrected chi connectivity index (χ0v) is 24.3. The Hall–Kier alpha value is -3.69. The van der Waals surface area contributed by atoms with Crippen LogP contribution in [-0.2, 0) is 4.74 Å². The Labute approximate surface area is 239 Å². The number of hydrogen-bond donors (Lipinski definition) is 2. The van der Waals surface area contributed by atoms with Gasteiger partial charge in [0.05, 0.1) is 12.1 Å². The standard InChI is InChI=1S/C31H39F2N3O5/c1-19-25(20-10-7-6-8-11-20)23-16-21(17-24(26(23)40-19)28(38)34-5)27(37)35-14-9-12-22-13-15-36(18-31(22,32)33)29(39)41-30(2,3)4/h6-8,10-11,16-17,19,22,25H,9,12-15,18H2,1-5H3,(H,34,38)(H,35,37)/t19-,22?,25+/m0/s1. The van der Waals surface area contributed by atoms with Gasteiger partial charge in [0.15, 0.2) is 0 Å². The molecule has 1 fully saturated rings. The summed E-state index contributed by atoms with van der Waals surface area (Å²) >= 11 is 0. The van der Waals surface area contributed by atoms with Crippen LogP contribution in [0, 0.1) is 5.92 Å². The Morgan fingerprint density at radius 1 is 1.12 bits per heavy atom. The molecule has 2 aromatic carbocycles. The number of hydrogen-bond acceptors (Lipinski definition) is 5. The molecule has 8 nitrogen and oxygen atoms in total. The molecule has 3 amide bonds. The minimum atomic E-state index is -3.05. The highest BCUT2D eigenvalue weighted by atomic mass is 19.3. The zero-order valence-electron chi connectivity index (χ0n) is 24.3. The van der Waals surface area contributed by atoms with Crippen LogP contribution in [0.15, 0.2) is 42.5 Å². The van der Waals surface area contributed by atoms with Gasteiger partial charge < -0.3 is 25.0 Å². The van der Waals surface area contributed by atoms with Gasteiger partial charge in [0.25, 0.3) is 17.7 Å². The second kappa shape index (κ2) is 12.0. The molecule has 222 valence electrons. The van der Waals surface area contributed by atoms with E-state index in [1.54, 1.807) is 26.8 Å². The van der Waals surface area contributed by atoms with Gasteiger partial charge in [0.1, 0.15) is 17.5 Å². The van der Waals surface area contributed by atoms with Crippen molar-refractivity contribution < 1.29 is 32.6 Å². The molecule has 2 heterocycles. The monoisotopic (exact) mass is 571 g/mol. The molecule has 2 N–H and O–H groups in total. The molecule has 2 aromatic rings. The van der Waals surface area contributed by atoms with Crippen LogP contribution in [0.2, 0.25) is 0 Å². The minimum Gasteiger partial charge on any atom is -0.489 e. The van der Waals surface area contributed by atoms with E-state index < -0.39 is 36.0 Å². The van der Waals surface area contributed by atoms with Crippen molar-refractivity contribution in [1.29, 1.82) is 0 Å². The molecular weight excluding hydrogens is 532 g/mol. The van der Waals surface area contributed by atoms with Crippen molar-refractivity contribution in [2.24, 2.45) is 5.92 Å². The van der Waals surface area contributed by atoms with Gasteiger partial charge in [-0.3, -0.25) is 9.59 Å². The summed E-state index contributed by atoms with van der Waals surface area (Å²) in [6.45, 7) is 6.73. The first-order valence-corrected chi connectivity index (χ1v) is 14.1. The van der Waals surface area contributed by atoms with Crippen LogP contribution >= 0.6 is 0 Å². The molecule has 0 saturated carbocycles. The van der Waals surface area contributed by atoms with Gasteiger partial charge in [0, 0.05) is 43.1 Å². The Balaban J connectivity index is 1.40. The summed E-state index contributed by atoms with van der Waals surface area (Å²) in [5.74, 6) is -4.40. The molecule has 1 saturated heterocycles.